The summed E-state index contributed by atoms with van der Waals surface area (Å²) in [5.74, 6) is -0.295. The first-order valence-corrected chi connectivity index (χ1v) is 4.32. The molecular weight excluding hydrogens is 211 g/mol. The first-order chi connectivity index (χ1) is 6.15. The van der Waals surface area contributed by atoms with Crippen LogP contribution in [0.2, 0.25) is 10.0 Å². The van der Waals surface area contributed by atoms with Crippen molar-refractivity contribution in [3.63, 3.8) is 0 Å². The SMILES string of the molecule is O=CCC(=O)c1ccc(Cl)cc1Cl. The molecule has 0 aliphatic rings. The van der Waals surface area contributed by atoms with Gasteiger partial charge in [-0.25, -0.2) is 0 Å². The molecule has 1 aromatic rings. The Balaban J connectivity index is 3.01. The number of carbonyl (C=O) groups is 2. The van der Waals surface area contributed by atoms with E-state index in [4.69, 9.17) is 23.2 Å². The highest BCUT2D eigenvalue weighted by molar-refractivity contribution is 6.37. The van der Waals surface area contributed by atoms with Crippen molar-refractivity contribution in [3.05, 3.63) is 33.8 Å². The topological polar surface area (TPSA) is 34.1 Å². The fraction of sp³-hybridized carbons (Fsp3) is 0.111. The van der Waals surface area contributed by atoms with E-state index in [1.807, 2.05) is 0 Å². The van der Waals surface area contributed by atoms with Gasteiger partial charge in [0.05, 0.1) is 11.4 Å². The third-order valence-corrected chi connectivity index (χ3v) is 2.05. The van der Waals surface area contributed by atoms with Crippen molar-refractivity contribution in [1.82, 2.24) is 0 Å². The molecule has 2 nitrogen and oxygen atoms in total. The van der Waals surface area contributed by atoms with E-state index in [-0.39, 0.29) is 17.2 Å². The van der Waals surface area contributed by atoms with Crippen molar-refractivity contribution in [1.29, 1.82) is 0 Å². The molecule has 0 aliphatic carbocycles. The molecule has 0 aliphatic heterocycles. The highest BCUT2D eigenvalue weighted by Crippen LogP contribution is 2.21. The summed E-state index contributed by atoms with van der Waals surface area (Å²) in [6.07, 6.45) is 0.397. The van der Waals surface area contributed by atoms with Gasteiger partial charge in [-0.2, -0.15) is 0 Å². The summed E-state index contributed by atoms with van der Waals surface area (Å²) in [4.78, 5) is 21.3. The van der Waals surface area contributed by atoms with Crippen LogP contribution in [0, 0.1) is 0 Å². The van der Waals surface area contributed by atoms with Crippen LogP contribution < -0.4 is 0 Å². The number of benzene rings is 1. The van der Waals surface area contributed by atoms with Gasteiger partial charge in [-0.15, -0.1) is 0 Å². The number of hydrogen-bond donors (Lipinski definition) is 0. The number of rotatable bonds is 3. The summed E-state index contributed by atoms with van der Waals surface area (Å²) in [5.41, 5.74) is 0.332. The Morgan fingerprint density at radius 1 is 1.38 bits per heavy atom. The zero-order chi connectivity index (χ0) is 9.84. The molecule has 0 N–H and O–H groups in total. The standard InChI is InChI=1S/C9H6Cl2O2/c10-6-1-2-7(8(11)5-6)9(13)3-4-12/h1-2,4-5H,3H2. The van der Waals surface area contributed by atoms with Gasteiger partial charge in [-0.3, -0.25) is 4.79 Å². The molecule has 13 heavy (non-hydrogen) atoms. The highest BCUT2D eigenvalue weighted by atomic mass is 35.5. The molecule has 0 bridgehead atoms. The summed E-state index contributed by atoms with van der Waals surface area (Å²) in [7, 11) is 0. The average Bonchev–Trinajstić information content (AvgIpc) is 2.04. The molecule has 0 spiro atoms. The molecule has 0 unspecified atom stereocenters. The van der Waals surface area contributed by atoms with Crippen molar-refractivity contribution < 1.29 is 9.59 Å². The van der Waals surface area contributed by atoms with Gasteiger partial charge in [0, 0.05) is 10.6 Å². The van der Waals surface area contributed by atoms with Gasteiger partial charge in [0.1, 0.15) is 6.29 Å². The van der Waals surface area contributed by atoms with Crippen LogP contribution >= 0.6 is 23.2 Å². The van der Waals surface area contributed by atoms with Crippen LogP contribution in [0.4, 0.5) is 0 Å². The van der Waals surface area contributed by atoms with Crippen molar-refractivity contribution in [2.45, 2.75) is 6.42 Å². The van der Waals surface area contributed by atoms with E-state index in [2.05, 4.69) is 0 Å². The number of ketones is 1. The number of Topliss-reactive ketones (excluding diaryl/α,β-unsaturated/α-hetero) is 1. The number of aldehydes is 1. The Hall–Kier alpha value is -0.860. The van der Waals surface area contributed by atoms with Crippen molar-refractivity contribution in [2.24, 2.45) is 0 Å². The Morgan fingerprint density at radius 2 is 2.08 bits per heavy atom. The van der Waals surface area contributed by atoms with Gasteiger partial charge in [0.25, 0.3) is 0 Å². The Kier molecular flexibility index (Phi) is 3.46. The third-order valence-electron chi connectivity index (χ3n) is 1.50. The van der Waals surface area contributed by atoms with Crippen molar-refractivity contribution in [2.75, 3.05) is 0 Å². The van der Waals surface area contributed by atoms with Gasteiger partial charge in [-0.1, -0.05) is 23.2 Å². The van der Waals surface area contributed by atoms with Crippen LogP contribution in [0.15, 0.2) is 18.2 Å². The summed E-state index contributed by atoms with van der Waals surface area (Å²) < 4.78 is 0. The van der Waals surface area contributed by atoms with E-state index in [0.717, 1.165) is 0 Å². The summed E-state index contributed by atoms with van der Waals surface area (Å²) in [6, 6.07) is 4.54. The molecule has 0 heterocycles. The molecule has 0 atom stereocenters. The fourth-order valence-electron chi connectivity index (χ4n) is 0.901. The summed E-state index contributed by atoms with van der Waals surface area (Å²) in [6.45, 7) is 0. The van der Waals surface area contributed by atoms with Crippen LogP contribution in [-0.4, -0.2) is 12.1 Å². The predicted octanol–water partition coefficient (Wildman–Crippen LogP) is 2.77. The van der Waals surface area contributed by atoms with Gasteiger partial charge in [0.2, 0.25) is 0 Å². The summed E-state index contributed by atoms with van der Waals surface area (Å²) >= 11 is 11.4. The Morgan fingerprint density at radius 3 is 2.62 bits per heavy atom. The quantitative estimate of drug-likeness (QED) is 0.443. The zero-order valence-corrected chi connectivity index (χ0v) is 8.10. The molecular formula is C9H6Cl2O2. The minimum absolute atomic E-state index is 0.151. The maximum absolute atomic E-state index is 11.2. The van der Waals surface area contributed by atoms with Crippen LogP contribution in [0.1, 0.15) is 16.8 Å². The normalized spacial score (nSPS) is 9.69. The fourth-order valence-corrected chi connectivity index (χ4v) is 1.42. The lowest BCUT2D eigenvalue weighted by atomic mass is 10.1. The van der Waals surface area contributed by atoms with Crippen LogP contribution in [0.3, 0.4) is 0 Å². The lowest BCUT2D eigenvalue weighted by Crippen LogP contribution is -2.00. The third kappa shape index (κ3) is 2.54. The van der Waals surface area contributed by atoms with Gasteiger partial charge in [0.15, 0.2) is 5.78 Å². The highest BCUT2D eigenvalue weighted by Gasteiger charge is 2.09. The van der Waals surface area contributed by atoms with E-state index in [1.54, 1.807) is 6.07 Å². The summed E-state index contributed by atoms with van der Waals surface area (Å²) in [5, 5.41) is 0.743. The largest absolute Gasteiger partial charge is 0.303 e. The Bertz CT molecular complexity index is 347. The maximum Gasteiger partial charge on any atom is 0.171 e. The second-order valence-electron chi connectivity index (χ2n) is 2.42. The monoisotopic (exact) mass is 216 g/mol. The average molecular weight is 217 g/mol. The molecule has 0 aromatic heterocycles. The van der Waals surface area contributed by atoms with E-state index < -0.39 is 0 Å². The number of carbonyl (C=O) groups excluding carboxylic acids is 2. The smallest absolute Gasteiger partial charge is 0.171 e. The molecule has 1 aromatic carbocycles. The molecule has 0 amide bonds. The second-order valence-corrected chi connectivity index (χ2v) is 3.26. The molecule has 1 rings (SSSR count). The molecule has 0 saturated carbocycles. The number of halogens is 2. The zero-order valence-electron chi connectivity index (χ0n) is 6.59. The van der Waals surface area contributed by atoms with Gasteiger partial charge in [-0.05, 0) is 18.2 Å². The van der Waals surface area contributed by atoms with E-state index in [0.29, 0.717) is 16.9 Å². The van der Waals surface area contributed by atoms with Crippen molar-refractivity contribution in [3.8, 4) is 0 Å². The van der Waals surface area contributed by atoms with Crippen LogP contribution in [0.5, 0.6) is 0 Å². The van der Waals surface area contributed by atoms with Gasteiger partial charge >= 0.3 is 0 Å². The van der Waals surface area contributed by atoms with E-state index in [9.17, 15) is 9.59 Å². The molecule has 0 fully saturated rings. The first kappa shape index (κ1) is 10.2. The van der Waals surface area contributed by atoms with E-state index >= 15 is 0 Å². The maximum atomic E-state index is 11.2. The van der Waals surface area contributed by atoms with Crippen molar-refractivity contribution >= 4 is 35.3 Å². The molecule has 0 radical (unpaired) electrons. The molecule has 0 saturated heterocycles. The van der Waals surface area contributed by atoms with Gasteiger partial charge < -0.3 is 4.79 Å². The first-order valence-electron chi connectivity index (χ1n) is 3.57. The Labute approximate surface area is 85.5 Å². The minimum atomic E-state index is -0.295. The lowest BCUT2D eigenvalue weighted by Gasteiger charge is -2.00. The predicted molar refractivity (Wildman–Crippen MR) is 51.5 cm³/mol. The minimum Gasteiger partial charge on any atom is -0.303 e. The van der Waals surface area contributed by atoms with E-state index in [1.165, 1.54) is 12.1 Å². The lowest BCUT2D eigenvalue weighted by molar-refractivity contribution is -0.107. The second kappa shape index (κ2) is 4.40. The molecule has 68 valence electrons. The molecule has 4 heteroatoms. The van der Waals surface area contributed by atoms with Crippen LogP contribution in [-0.2, 0) is 4.79 Å². The number of hydrogen-bond acceptors (Lipinski definition) is 2. The van der Waals surface area contributed by atoms with Crippen LogP contribution in [0.25, 0.3) is 0 Å².